The Morgan fingerprint density at radius 2 is 1.71 bits per heavy atom. The molecular formula is C18H18O2S. The van der Waals surface area contributed by atoms with Crippen LogP contribution in [0.1, 0.15) is 12.0 Å². The number of carbonyl (C=O) groups excluding carboxylic acids is 1. The molecule has 2 nitrogen and oxygen atoms in total. The monoisotopic (exact) mass is 298 g/mol. The van der Waals surface area contributed by atoms with Crippen LogP contribution in [0.4, 0.5) is 0 Å². The van der Waals surface area contributed by atoms with E-state index in [-0.39, 0.29) is 11.2 Å². The number of rotatable bonds is 7. The molecule has 0 fully saturated rings. The molecule has 0 aliphatic heterocycles. The second kappa shape index (κ2) is 8.32. The minimum absolute atomic E-state index is 0.201. The van der Waals surface area contributed by atoms with E-state index in [1.165, 1.54) is 11.8 Å². The van der Waals surface area contributed by atoms with Crippen LogP contribution in [0.5, 0.6) is 0 Å². The quantitative estimate of drug-likeness (QED) is 0.429. The zero-order valence-electron chi connectivity index (χ0n) is 11.8. The summed E-state index contributed by atoms with van der Waals surface area (Å²) in [6.45, 7) is 4.03. The van der Waals surface area contributed by atoms with Gasteiger partial charge in [-0.1, -0.05) is 54.6 Å². The SMILES string of the molecule is C=CCC(Sc1ccccc1)C(=O)OCc1ccccc1. The predicted molar refractivity (Wildman–Crippen MR) is 87.1 cm³/mol. The first-order valence-electron chi connectivity index (χ1n) is 6.83. The number of esters is 1. The van der Waals surface area contributed by atoms with E-state index >= 15 is 0 Å². The molecule has 0 saturated carbocycles. The van der Waals surface area contributed by atoms with Crippen LogP contribution in [0.25, 0.3) is 0 Å². The van der Waals surface area contributed by atoms with Crippen LogP contribution in [0, 0.1) is 0 Å². The van der Waals surface area contributed by atoms with E-state index in [1.54, 1.807) is 6.08 Å². The van der Waals surface area contributed by atoms with Gasteiger partial charge in [-0.15, -0.1) is 18.3 Å². The smallest absolute Gasteiger partial charge is 0.320 e. The van der Waals surface area contributed by atoms with Crippen molar-refractivity contribution in [3.8, 4) is 0 Å². The number of hydrogen-bond donors (Lipinski definition) is 0. The van der Waals surface area contributed by atoms with E-state index in [2.05, 4.69) is 6.58 Å². The van der Waals surface area contributed by atoms with Gasteiger partial charge >= 0.3 is 5.97 Å². The van der Waals surface area contributed by atoms with E-state index in [1.807, 2.05) is 60.7 Å². The van der Waals surface area contributed by atoms with Gasteiger partial charge in [0.2, 0.25) is 0 Å². The fraction of sp³-hybridized carbons (Fsp3) is 0.167. The predicted octanol–water partition coefficient (Wildman–Crippen LogP) is 4.47. The van der Waals surface area contributed by atoms with Gasteiger partial charge in [-0.05, 0) is 24.1 Å². The van der Waals surface area contributed by atoms with Crippen molar-refractivity contribution in [2.24, 2.45) is 0 Å². The minimum atomic E-state index is -0.256. The lowest BCUT2D eigenvalue weighted by atomic mass is 10.2. The van der Waals surface area contributed by atoms with E-state index in [9.17, 15) is 4.79 Å². The summed E-state index contributed by atoms with van der Waals surface area (Å²) in [5.74, 6) is -0.201. The lowest BCUT2D eigenvalue weighted by molar-refractivity contribution is -0.144. The maximum Gasteiger partial charge on any atom is 0.320 e. The fourth-order valence-corrected chi connectivity index (χ4v) is 2.87. The average Bonchev–Trinajstić information content (AvgIpc) is 2.54. The highest BCUT2D eigenvalue weighted by Crippen LogP contribution is 2.26. The molecule has 2 aromatic carbocycles. The molecule has 0 aliphatic carbocycles. The molecule has 0 radical (unpaired) electrons. The van der Waals surface area contributed by atoms with Crippen molar-refractivity contribution in [3.05, 3.63) is 78.9 Å². The Bertz CT molecular complexity index is 566. The van der Waals surface area contributed by atoms with Crippen LogP contribution in [0.2, 0.25) is 0 Å². The summed E-state index contributed by atoms with van der Waals surface area (Å²) in [5, 5.41) is -0.256. The largest absolute Gasteiger partial charge is 0.460 e. The highest BCUT2D eigenvalue weighted by molar-refractivity contribution is 8.00. The number of ether oxygens (including phenoxy) is 1. The van der Waals surface area contributed by atoms with Crippen LogP contribution in [-0.2, 0) is 16.1 Å². The van der Waals surface area contributed by atoms with Gasteiger partial charge < -0.3 is 4.74 Å². The molecule has 0 saturated heterocycles. The van der Waals surface area contributed by atoms with Crippen LogP contribution >= 0.6 is 11.8 Å². The maximum absolute atomic E-state index is 12.2. The zero-order valence-corrected chi connectivity index (χ0v) is 12.6. The van der Waals surface area contributed by atoms with Crippen molar-refractivity contribution in [3.63, 3.8) is 0 Å². The standard InChI is InChI=1S/C18H18O2S/c1-2-9-17(21-16-12-7-4-8-13-16)18(19)20-14-15-10-5-3-6-11-15/h2-8,10-13,17H,1,9,14H2. The summed E-state index contributed by atoms with van der Waals surface area (Å²) >= 11 is 1.51. The second-order valence-electron chi connectivity index (χ2n) is 4.54. The van der Waals surface area contributed by atoms with Crippen molar-refractivity contribution >= 4 is 17.7 Å². The molecule has 3 heteroatoms. The van der Waals surface area contributed by atoms with E-state index in [0.29, 0.717) is 13.0 Å². The molecule has 2 aromatic rings. The van der Waals surface area contributed by atoms with Crippen molar-refractivity contribution in [1.29, 1.82) is 0 Å². The van der Waals surface area contributed by atoms with E-state index in [4.69, 9.17) is 4.74 Å². The molecule has 0 aliphatic rings. The van der Waals surface area contributed by atoms with Gasteiger partial charge in [0.1, 0.15) is 11.9 Å². The minimum Gasteiger partial charge on any atom is -0.460 e. The first-order chi connectivity index (χ1) is 10.3. The topological polar surface area (TPSA) is 26.3 Å². The number of thioether (sulfide) groups is 1. The van der Waals surface area contributed by atoms with Gasteiger partial charge in [0, 0.05) is 4.90 Å². The first kappa shape index (κ1) is 15.4. The van der Waals surface area contributed by atoms with E-state index < -0.39 is 0 Å². The van der Waals surface area contributed by atoms with Crippen molar-refractivity contribution in [2.75, 3.05) is 0 Å². The van der Waals surface area contributed by atoms with Crippen molar-refractivity contribution < 1.29 is 9.53 Å². The Balaban J connectivity index is 1.94. The number of benzene rings is 2. The van der Waals surface area contributed by atoms with Gasteiger partial charge in [0.05, 0.1) is 0 Å². The lowest BCUT2D eigenvalue weighted by Gasteiger charge is -2.14. The zero-order chi connectivity index (χ0) is 14.9. The molecule has 0 amide bonds. The van der Waals surface area contributed by atoms with E-state index in [0.717, 1.165) is 10.5 Å². The Hall–Kier alpha value is -2.00. The summed E-state index contributed by atoms with van der Waals surface area (Å²) in [7, 11) is 0. The van der Waals surface area contributed by atoms with Crippen molar-refractivity contribution in [2.45, 2.75) is 23.2 Å². The summed E-state index contributed by atoms with van der Waals surface area (Å²) in [6.07, 6.45) is 2.34. The first-order valence-corrected chi connectivity index (χ1v) is 7.70. The summed E-state index contributed by atoms with van der Waals surface area (Å²) in [4.78, 5) is 13.3. The molecule has 0 aromatic heterocycles. The molecule has 108 valence electrons. The highest BCUT2D eigenvalue weighted by Gasteiger charge is 2.20. The Labute approximate surface area is 129 Å². The molecule has 0 spiro atoms. The Morgan fingerprint density at radius 1 is 1.10 bits per heavy atom. The summed E-state index contributed by atoms with van der Waals surface area (Å²) in [5.41, 5.74) is 0.993. The Kier molecular flexibility index (Phi) is 6.10. The second-order valence-corrected chi connectivity index (χ2v) is 5.81. The molecular weight excluding hydrogens is 280 g/mol. The van der Waals surface area contributed by atoms with Gasteiger partial charge in [0.15, 0.2) is 0 Å². The third-order valence-corrected chi connectivity index (χ3v) is 4.10. The molecule has 2 rings (SSSR count). The Morgan fingerprint density at radius 3 is 2.33 bits per heavy atom. The third-order valence-electron chi connectivity index (χ3n) is 2.89. The van der Waals surface area contributed by atoms with Crippen molar-refractivity contribution in [1.82, 2.24) is 0 Å². The highest BCUT2D eigenvalue weighted by atomic mass is 32.2. The third kappa shape index (κ3) is 5.12. The average molecular weight is 298 g/mol. The molecule has 0 N–H and O–H groups in total. The molecule has 21 heavy (non-hydrogen) atoms. The molecule has 1 atom stereocenters. The summed E-state index contributed by atoms with van der Waals surface area (Å²) in [6, 6.07) is 19.6. The molecule has 1 unspecified atom stereocenters. The number of carbonyl (C=O) groups is 1. The molecule has 0 heterocycles. The van der Waals surface area contributed by atoms with Crippen LogP contribution < -0.4 is 0 Å². The summed E-state index contributed by atoms with van der Waals surface area (Å²) < 4.78 is 5.41. The number of hydrogen-bond acceptors (Lipinski definition) is 3. The normalized spacial score (nSPS) is 11.6. The fourth-order valence-electron chi connectivity index (χ4n) is 1.83. The van der Waals surface area contributed by atoms with Gasteiger partial charge in [-0.2, -0.15) is 0 Å². The van der Waals surface area contributed by atoms with Gasteiger partial charge in [-0.3, -0.25) is 4.79 Å². The maximum atomic E-state index is 12.2. The van der Waals surface area contributed by atoms with Crippen LogP contribution in [0.3, 0.4) is 0 Å². The number of allylic oxidation sites excluding steroid dienone is 1. The van der Waals surface area contributed by atoms with Gasteiger partial charge in [-0.25, -0.2) is 0 Å². The van der Waals surface area contributed by atoms with Crippen LogP contribution in [-0.4, -0.2) is 11.2 Å². The lowest BCUT2D eigenvalue weighted by Crippen LogP contribution is -2.19. The van der Waals surface area contributed by atoms with Gasteiger partial charge in [0.25, 0.3) is 0 Å². The van der Waals surface area contributed by atoms with Crippen LogP contribution in [0.15, 0.2) is 78.2 Å². The molecule has 0 bridgehead atoms.